The van der Waals surface area contributed by atoms with E-state index in [0.29, 0.717) is 40.2 Å². The number of hydrogen-bond acceptors (Lipinski definition) is 5. The van der Waals surface area contributed by atoms with Crippen molar-refractivity contribution in [1.82, 2.24) is 19.5 Å². The molecule has 0 bridgehead atoms. The Labute approximate surface area is 153 Å². The van der Waals surface area contributed by atoms with Crippen LogP contribution in [0.5, 0.6) is 0 Å². The van der Waals surface area contributed by atoms with E-state index in [1.54, 1.807) is 29.1 Å². The second-order valence-electron chi connectivity index (χ2n) is 5.76. The molecule has 1 unspecified atom stereocenters. The van der Waals surface area contributed by atoms with Crippen molar-refractivity contribution in [2.75, 3.05) is 11.9 Å². The van der Waals surface area contributed by atoms with Gasteiger partial charge in [-0.2, -0.15) is 14.4 Å². The molecular formula is C16H14Cl2FN5O. The highest BCUT2D eigenvalue weighted by molar-refractivity contribution is 6.34. The van der Waals surface area contributed by atoms with Crippen molar-refractivity contribution in [1.29, 1.82) is 0 Å². The van der Waals surface area contributed by atoms with Gasteiger partial charge in [-0.25, -0.2) is 4.98 Å². The van der Waals surface area contributed by atoms with Gasteiger partial charge in [-0.1, -0.05) is 23.2 Å². The summed E-state index contributed by atoms with van der Waals surface area (Å²) in [6.45, 7) is 1.05. The van der Waals surface area contributed by atoms with E-state index in [9.17, 15) is 4.39 Å². The summed E-state index contributed by atoms with van der Waals surface area (Å²) in [7, 11) is 0. The molecule has 1 atom stereocenters. The van der Waals surface area contributed by atoms with Crippen LogP contribution in [0.1, 0.15) is 24.6 Å². The lowest BCUT2D eigenvalue weighted by molar-refractivity contribution is 0.0592. The lowest BCUT2D eigenvalue weighted by Crippen LogP contribution is -2.09. The third kappa shape index (κ3) is 3.40. The van der Waals surface area contributed by atoms with Gasteiger partial charge in [0, 0.05) is 23.2 Å². The molecule has 1 aliphatic heterocycles. The Morgan fingerprint density at radius 2 is 2.04 bits per heavy atom. The van der Waals surface area contributed by atoms with Gasteiger partial charge < -0.3 is 10.1 Å². The zero-order valence-corrected chi connectivity index (χ0v) is 14.6. The summed E-state index contributed by atoms with van der Waals surface area (Å²) in [4.78, 5) is 12.0. The highest BCUT2D eigenvalue weighted by atomic mass is 35.5. The molecular weight excluding hydrogens is 368 g/mol. The van der Waals surface area contributed by atoms with Crippen LogP contribution in [0.4, 0.5) is 10.2 Å². The Kier molecular flexibility index (Phi) is 4.45. The first-order chi connectivity index (χ1) is 12.1. The molecule has 0 aliphatic carbocycles. The largest absolute Gasteiger partial charge is 0.364 e. The number of anilines is 1. The van der Waals surface area contributed by atoms with E-state index in [1.807, 2.05) is 0 Å². The molecule has 2 aromatic heterocycles. The first kappa shape index (κ1) is 16.5. The maximum Gasteiger partial charge on any atom is 0.312 e. The van der Waals surface area contributed by atoms with Crippen LogP contribution in [0.2, 0.25) is 10.0 Å². The van der Waals surface area contributed by atoms with Crippen LogP contribution < -0.4 is 5.32 Å². The fourth-order valence-electron chi connectivity index (χ4n) is 2.90. The third-order valence-electron chi connectivity index (χ3n) is 3.99. The Hall–Kier alpha value is -1.96. The van der Waals surface area contributed by atoms with Crippen LogP contribution in [0.3, 0.4) is 0 Å². The molecule has 9 heteroatoms. The van der Waals surface area contributed by atoms with Crippen molar-refractivity contribution in [2.24, 2.45) is 0 Å². The normalized spacial score (nSPS) is 17.3. The van der Waals surface area contributed by atoms with E-state index in [4.69, 9.17) is 27.9 Å². The first-order valence-electron chi connectivity index (χ1n) is 7.80. The molecule has 0 amide bonds. The summed E-state index contributed by atoms with van der Waals surface area (Å²) in [5, 5.41) is 4.14. The minimum absolute atomic E-state index is 0.168. The predicted octanol–water partition coefficient (Wildman–Crippen LogP) is 4.19. The number of nitrogens with zero attached hydrogens (tertiary/aromatic N) is 4. The molecule has 0 saturated carbocycles. The van der Waals surface area contributed by atoms with Crippen LogP contribution in [0, 0.1) is 6.08 Å². The second-order valence-corrected chi connectivity index (χ2v) is 6.64. The summed E-state index contributed by atoms with van der Waals surface area (Å²) >= 11 is 12.0. The molecule has 6 nitrogen and oxygen atoms in total. The number of rotatable bonds is 4. The molecule has 25 heavy (non-hydrogen) atoms. The van der Waals surface area contributed by atoms with E-state index in [0.717, 1.165) is 18.4 Å². The average molecular weight is 382 g/mol. The van der Waals surface area contributed by atoms with Crippen molar-refractivity contribution in [3.63, 3.8) is 0 Å². The topological polar surface area (TPSA) is 64.9 Å². The number of hydrogen-bond donors (Lipinski definition) is 1. The van der Waals surface area contributed by atoms with Crippen LogP contribution >= 0.6 is 23.2 Å². The third-order valence-corrected chi connectivity index (χ3v) is 4.43. The highest BCUT2D eigenvalue weighted by Gasteiger charge is 2.22. The SMILES string of the molecule is Fc1nc(NCc2cc(Cl)cc(Cl)c2)c2ncn(C3CCCO3)c2n1. The zero-order chi connectivity index (χ0) is 17.4. The molecule has 1 aromatic carbocycles. The van der Waals surface area contributed by atoms with Gasteiger partial charge in [0.2, 0.25) is 0 Å². The van der Waals surface area contributed by atoms with Gasteiger partial charge in [0.25, 0.3) is 0 Å². The summed E-state index contributed by atoms with van der Waals surface area (Å²) in [6.07, 6.45) is 2.42. The van der Waals surface area contributed by atoms with E-state index in [2.05, 4.69) is 20.3 Å². The van der Waals surface area contributed by atoms with Gasteiger partial charge >= 0.3 is 6.08 Å². The zero-order valence-electron chi connectivity index (χ0n) is 13.0. The van der Waals surface area contributed by atoms with E-state index < -0.39 is 6.08 Å². The first-order valence-corrected chi connectivity index (χ1v) is 8.56. The molecule has 3 heterocycles. The number of benzene rings is 1. The number of ether oxygens (including phenoxy) is 1. The van der Waals surface area contributed by atoms with Crippen LogP contribution in [-0.4, -0.2) is 26.1 Å². The second kappa shape index (κ2) is 6.74. The maximum absolute atomic E-state index is 13.9. The molecule has 1 saturated heterocycles. The monoisotopic (exact) mass is 381 g/mol. The van der Waals surface area contributed by atoms with Crippen LogP contribution in [0.25, 0.3) is 11.2 Å². The average Bonchev–Trinajstić information content (AvgIpc) is 3.20. The van der Waals surface area contributed by atoms with Gasteiger partial charge in [-0.3, -0.25) is 4.57 Å². The number of aromatic nitrogens is 4. The summed E-state index contributed by atoms with van der Waals surface area (Å²) < 4.78 is 21.3. The lowest BCUT2D eigenvalue weighted by Gasteiger charge is -2.12. The number of nitrogens with one attached hydrogen (secondary N) is 1. The quantitative estimate of drug-likeness (QED) is 0.686. The number of halogens is 3. The Morgan fingerprint density at radius 3 is 2.76 bits per heavy atom. The summed E-state index contributed by atoms with van der Waals surface area (Å²) in [5.74, 6) is 0.315. The fraction of sp³-hybridized carbons (Fsp3) is 0.312. The molecule has 0 spiro atoms. The number of fused-ring (bicyclic) bond motifs is 1. The van der Waals surface area contributed by atoms with Gasteiger partial charge in [-0.15, -0.1) is 0 Å². The van der Waals surface area contributed by atoms with Gasteiger partial charge in [-0.05, 0) is 36.6 Å². The molecule has 0 radical (unpaired) electrons. The van der Waals surface area contributed by atoms with Crippen molar-refractivity contribution < 1.29 is 9.13 Å². The molecule has 130 valence electrons. The van der Waals surface area contributed by atoms with Gasteiger partial charge in [0.1, 0.15) is 6.23 Å². The van der Waals surface area contributed by atoms with Crippen LogP contribution in [-0.2, 0) is 11.3 Å². The van der Waals surface area contributed by atoms with E-state index in [-0.39, 0.29) is 6.23 Å². The lowest BCUT2D eigenvalue weighted by atomic mass is 10.2. The Balaban J connectivity index is 1.65. The van der Waals surface area contributed by atoms with Crippen LogP contribution in [0.15, 0.2) is 24.5 Å². The number of imidazole rings is 1. The predicted molar refractivity (Wildman–Crippen MR) is 93.3 cm³/mol. The Morgan fingerprint density at radius 1 is 1.24 bits per heavy atom. The standard InChI is InChI=1S/C16H14Cl2FN5O/c17-10-4-9(5-11(18)6-10)7-20-14-13-15(23-16(19)22-14)24(8-21-13)12-2-1-3-25-12/h4-6,8,12H,1-3,7H2,(H,20,22,23). The van der Waals surface area contributed by atoms with Crippen molar-refractivity contribution in [3.8, 4) is 0 Å². The minimum atomic E-state index is -0.820. The minimum Gasteiger partial charge on any atom is -0.364 e. The molecule has 1 aliphatic rings. The summed E-state index contributed by atoms with van der Waals surface area (Å²) in [5.41, 5.74) is 1.75. The molecule has 1 N–H and O–H groups in total. The molecule has 3 aromatic rings. The highest BCUT2D eigenvalue weighted by Crippen LogP contribution is 2.28. The van der Waals surface area contributed by atoms with Crippen molar-refractivity contribution >= 4 is 40.2 Å². The Bertz CT molecular complexity index is 906. The fourth-order valence-corrected chi connectivity index (χ4v) is 3.47. The maximum atomic E-state index is 13.9. The van der Waals surface area contributed by atoms with Gasteiger partial charge in [0.05, 0.1) is 6.33 Å². The van der Waals surface area contributed by atoms with E-state index >= 15 is 0 Å². The summed E-state index contributed by atoms with van der Waals surface area (Å²) in [6, 6.07) is 5.21. The van der Waals surface area contributed by atoms with E-state index in [1.165, 1.54) is 0 Å². The smallest absolute Gasteiger partial charge is 0.312 e. The van der Waals surface area contributed by atoms with Gasteiger partial charge in [0.15, 0.2) is 17.0 Å². The molecule has 1 fully saturated rings. The van der Waals surface area contributed by atoms with Crippen molar-refractivity contribution in [2.45, 2.75) is 25.6 Å². The molecule has 4 rings (SSSR count). The van der Waals surface area contributed by atoms with Crippen molar-refractivity contribution in [3.05, 3.63) is 46.2 Å².